The van der Waals surface area contributed by atoms with Gasteiger partial charge in [0.25, 0.3) is 0 Å². The monoisotopic (exact) mass is 217 g/mol. The average Bonchev–Trinajstić information content (AvgIpc) is 1.61. The molecule has 0 rings (SSSR count). The fraction of sp³-hybridized carbons (Fsp3) is 1.00. The summed E-state index contributed by atoms with van der Waals surface area (Å²) in [6.07, 6.45) is 0. The maximum absolute atomic E-state index is 2.96. The molecule has 0 saturated carbocycles. The molecular weight excluding hydrogens is 209 g/mol. The van der Waals surface area contributed by atoms with E-state index in [4.69, 9.17) is 0 Å². The Balaban J connectivity index is 2.34. The van der Waals surface area contributed by atoms with Crippen LogP contribution in [0.2, 0.25) is 0 Å². The normalized spacial score (nSPS) is 11.0. The molecule has 0 unspecified atom stereocenters. The smallest absolute Gasteiger partial charge is 0.179 e. The highest BCUT2D eigenvalue weighted by atomic mass is 127. The molecule has 38 valence electrons. The van der Waals surface area contributed by atoms with Gasteiger partial charge in [0.15, 0.2) is 7.18 Å². The summed E-state index contributed by atoms with van der Waals surface area (Å²) < 4.78 is 0. The Morgan fingerprint density at radius 2 is 2.33 bits per heavy atom. The Bertz CT molecular complexity index is 22.8. The van der Waals surface area contributed by atoms with E-state index in [1.807, 2.05) is 7.05 Å². The molecule has 3 nitrogen and oxygen atoms in total. The molecule has 5 heteroatoms. The zero-order chi connectivity index (χ0) is 4.83. The van der Waals surface area contributed by atoms with Crippen LogP contribution in [0.4, 0.5) is 0 Å². The first-order valence-corrected chi connectivity index (χ1v) is 7.44. The van der Waals surface area contributed by atoms with Crippen LogP contribution in [0.1, 0.15) is 0 Å². The first kappa shape index (κ1) is 6.83. The number of nitrogens with one attached hydrogen (secondary N) is 3. The van der Waals surface area contributed by atoms with Crippen molar-refractivity contribution in [3.05, 3.63) is 0 Å². The second kappa shape index (κ2) is 5.83. The van der Waals surface area contributed by atoms with Crippen LogP contribution in [0, 0.1) is 0 Å². The van der Waals surface area contributed by atoms with E-state index in [1.54, 1.807) is 0 Å². The molecule has 0 aliphatic heterocycles. The Kier molecular flexibility index (Phi) is 6.63. The molecule has 0 radical (unpaired) electrons. The maximum atomic E-state index is 2.96. The predicted octanol–water partition coefficient (Wildman–Crippen LogP) is -1.35. The molecule has 0 aliphatic carbocycles. The van der Waals surface area contributed by atoms with Gasteiger partial charge in [-0.25, -0.2) is 11.0 Å². The van der Waals surface area contributed by atoms with Gasteiger partial charge in [-0.1, -0.05) is 0 Å². The van der Waals surface area contributed by atoms with Crippen LogP contribution in [0.3, 0.4) is 0 Å². The number of hydrogen-bond donors (Lipinski definition) is 3. The first-order chi connectivity index (χ1) is 2.91. The first-order valence-electron chi connectivity index (χ1n) is 1.62. The molecule has 0 fully saturated rings. The Hall–Kier alpha value is 0.827. The number of hydrogen-bond acceptors (Lipinski definition) is 3. The average molecular weight is 217 g/mol. The fourth-order valence-corrected chi connectivity index (χ4v) is 0.937. The van der Waals surface area contributed by atoms with Gasteiger partial charge in [-0.15, -0.1) is 21.8 Å². The lowest BCUT2D eigenvalue weighted by molar-refractivity contribution is 0.578. The predicted molar refractivity (Wildman–Crippen MR) is 37.9 cm³/mol. The van der Waals surface area contributed by atoms with Crippen LogP contribution < -0.4 is 16.1 Å². The van der Waals surface area contributed by atoms with Gasteiger partial charge >= 0.3 is 0 Å². The van der Waals surface area contributed by atoms with Gasteiger partial charge in [0.2, 0.25) is 0 Å². The van der Waals surface area contributed by atoms with Crippen molar-refractivity contribution in [2.24, 2.45) is 0 Å². The van der Waals surface area contributed by atoms with Gasteiger partial charge in [-0.05, 0) is 7.05 Å². The quantitative estimate of drug-likeness (QED) is 0.180. The van der Waals surface area contributed by atoms with Crippen LogP contribution in [-0.2, 0) is 0 Å². The van der Waals surface area contributed by atoms with Crippen molar-refractivity contribution >= 4 is 29.0 Å². The van der Waals surface area contributed by atoms with Crippen molar-refractivity contribution in [3.8, 4) is 0 Å². The third-order valence-corrected chi connectivity index (χ3v) is 1.73. The Labute approximate surface area is 52.3 Å². The summed E-state index contributed by atoms with van der Waals surface area (Å²) in [6.45, 7) is 0. The SMILES string of the molecule is CNNN[SiH2]I. The van der Waals surface area contributed by atoms with Gasteiger partial charge in [-0.2, -0.15) is 0 Å². The second-order valence-electron chi connectivity index (χ2n) is 0.685. The van der Waals surface area contributed by atoms with Crippen LogP contribution in [0.25, 0.3) is 0 Å². The van der Waals surface area contributed by atoms with E-state index in [2.05, 4.69) is 37.8 Å². The standard InChI is InChI=1S/CH8IN3Si/c1-3-4-5-6-2/h3-5H,6H2,1H3. The number of hydrazine groups is 2. The molecule has 0 aromatic rings. The maximum Gasteiger partial charge on any atom is 0.179 e. The summed E-state index contributed by atoms with van der Waals surface area (Å²) in [5.41, 5.74) is 5.49. The van der Waals surface area contributed by atoms with E-state index in [0.29, 0.717) is 0 Å². The molecule has 0 aromatic carbocycles. The lowest BCUT2D eigenvalue weighted by Crippen LogP contribution is -2.41. The second-order valence-corrected chi connectivity index (χ2v) is 3.59. The molecule has 0 aliphatic rings. The summed E-state index contributed by atoms with van der Waals surface area (Å²) in [7, 11) is 1.78. The minimum atomic E-state index is -0.0506. The largest absolute Gasteiger partial charge is 0.261 e. The van der Waals surface area contributed by atoms with Gasteiger partial charge in [-0.3, -0.25) is 5.09 Å². The summed E-state index contributed by atoms with van der Waals surface area (Å²) >= 11 is 2.34. The van der Waals surface area contributed by atoms with Gasteiger partial charge < -0.3 is 0 Å². The van der Waals surface area contributed by atoms with Crippen molar-refractivity contribution in [2.45, 2.75) is 0 Å². The van der Waals surface area contributed by atoms with Gasteiger partial charge in [0.1, 0.15) is 0 Å². The fourth-order valence-electron chi connectivity index (χ4n) is 0.122. The van der Waals surface area contributed by atoms with Crippen molar-refractivity contribution in [2.75, 3.05) is 7.05 Å². The third-order valence-electron chi connectivity index (χ3n) is 0.280. The van der Waals surface area contributed by atoms with Gasteiger partial charge in [0, 0.05) is 0 Å². The highest BCUT2D eigenvalue weighted by Crippen LogP contribution is 1.60. The molecule has 0 atom stereocenters. The highest BCUT2D eigenvalue weighted by Gasteiger charge is 1.68. The molecule has 6 heavy (non-hydrogen) atoms. The van der Waals surface area contributed by atoms with Gasteiger partial charge in [0.05, 0.1) is 0 Å². The number of rotatable bonds is 3. The van der Waals surface area contributed by atoms with E-state index in [9.17, 15) is 0 Å². The molecule has 0 spiro atoms. The zero-order valence-corrected chi connectivity index (χ0v) is 7.16. The summed E-state index contributed by atoms with van der Waals surface area (Å²) in [5.74, 6) is 0. The van der Waals surface area contributed by atoms with Crippen LogP contribution in [0.5, 0.6) is 0 Å². The Morgan fingerprint density at radius 3 is 2.50 bits per heavy atom. The van der Waals surface area contributed by atoms with Crippen molar-refractivity contribution < 1.29 is 0 Å². The van der Waals surface area contributed by atoms with Crippen LogP contribution >= 0.6 is 21.8 Å². The summed E-state index contributed by atoms with van der Waals surface area (Å²) in [4.78, 5) is 0. The van der Waals surface area contributed by atoms with Crippen molar-refractivity contribution in [1.29, 1.82) is 0 Å². The molecule has 3 N–H and O–H groups in total. The molecule has 0 bridgehead atoms. The topological polar surface area (TPSA) is 36.1 Å². The van der Waals surface area contributed by atoms with E-state index in [1.165, 1.54) is 0 Å². The van der Waals surface area contributed by atoms with E-state index in [-0.39, 0.29) is 7.18 Å². The zero-order valence-electron chi connectivity index (χ0n) is 3.59. The van der Waals surface area contributed by atoms with E-state index >= 15 is 0 Å². The van der Waals surface area contributed by atoms with Crippen LogP contribution in [0.15, 0.2) is 0 Å². The molecule has 0 saturated heterocycles. The van der Waals surface area contributed by atoms with E-state index in [0.717, 1.165) is 0 Å². The molecule has 0 aromatic heterocycles. The minimum absolute atomic E-state index is 0.0506. The highest BCUT2D eigenvalue weighted by molar-refractivity contribution is 14.1. The molecule has 0 amide bonds. The minimum Gasteiger partial charge on any atom is -0.261 e. The van der Waals surface area contributed by atoms with Crippen LogP contribution in [-0.4, -0.2) is 14.2 Å². The third kappa shape index (κ3) is 4.83. The van der Waals surface area contributed by atoms with Crippen molar-refractivity contribution in [1.82, 2.24) is 16.1 Å². The number of halogens is 1. The van der Waals surface area contributed by atoms with E-state index < -0.39 is 0 Å². The molecule has 0 heterocycles. The summed E-state index contributed by atoms with van der Waals surface area (Å²) in [6, 6.07) is 0. The lowest BCUT2D eigenvalue weighted by Gasteiger charge is -1.96. The Morgan fingerprint density at radius 1 is 1.67 bits per heavy atom. The van der Waals surface area contributed by atoms with Crippen molar-refractivity contribution in [3.63, 3.8) is 0 Å². The molecular formula is CH8IN3Si. The summed E-state index contributed by atoms with van der Waals surface area (Å²) in [5, 5.41) is 2.96. The lowest BCUT2D eigenvalue weighted by atomic mass is 11.5.